The number of aliphatic hydroxyl groups excluding tert-OH is 1. The van der Waals surface area contributed by atoms with Gasteiger partial charge in [0.25, 0.3) is 0 Å². The van der Waals surface area contributed by atoms with Gasteiger partial charge in [-0.3, -0.25) is 19.2 Å². The standard InChI is InChI=1S/C25H35N5O8/c1-3-13(2)21(26)24(36)30-19(12-31)23(35)28-17(8-9-20(32)33)22(34)29-18(25(37)38)10-14-11-27-16-7-5-4-6-15(14)16/h4-7,11,13,17-19,21,27,31H,3,8-10,12,26H2,1-2H3,(H,28,35)(H,29,34)(H,30,36)(H,32,33)(H,37,38). The van der Waals surface area contributed by atoms with Gasteiger partial charge in [0.15, 0.2) is 0 Å². The molecule has 0 fully saturated rings. The number of hydrogen-bond acceptors (Lipinski definition) is 7. The van der Waals surface area contributed by atoms with E-state index in [0.29, 0.717) is 12.0 Å². The van der Waals surface area contributed by atoms with E-state index < -0.39 is 66.9 Å². The minimum absolute atomic E-state index is 0.0759. The molecule has 2 rings (SSSR count). The van der Waals surface area contributed by atoms with Crippen molar-refractivity contribution in [3.63, 3.8) is 0 Å². The van der Waals surface area contributed by atoms with Gasteiger partial charge in [-0.1, -0.05) is 38.5 Å². The van der Waals surface area contributed by atoms with Gasteiger partial charge in [0.05, 0.1) is 12.6 Å². The first-order chi connectivity index (χ1) is 18.0. The predicted molar refractivity (Wildman–Crippen MR) is 137 cm³/mol. The third-order valence-electron chi connectivity index (χ3n) is 6.37. The van der Waals surface area contributed by atoms with Crippen molar-refractivity contribution in [2.45, 2.75) is 63.7 Å². The van der Waals surface area contributed by atoms with Crippen LogP contribution in [0.5, 0.6) is 0 Å². The van der Waals surface area contributed by atoms with Crippen LogP contribution in [0.15, 0.2) is 30.5 Å². The maximum atomic E-state index is 13.0. The number of hydrogen-bond donors (Lipinski definition) is 8. The highest BCUT2D eigenvalue weighted by molar-refractivity contribution is 5.94. The van der Waals surface area contributed by atoms with Crippen molar-refractivity contribution < 1.29 is 39.3 Å². The lowest BCUT2D eigenvalue weighted by Gasteiger charge is -2.25. The molecule has 0 aliphatic heterocycles. The zero-order valence-electron chi connectivity index (χ0n) is 21.3. The van der Waals surface area contributed by atoms with E-state index in [2.05, 4.69) is 20.9 Å². The Morgan fingerprint density at radius 2 is 1.55 bits per heavy atom. The van der Waals surface area contributed by atoms with Crippen LogP contribution in [0, 0.1) is 5.92 Å². The van der Waals surface area contributed by atoms with E-state index in [1.165, 1.54) is 0 Å². The summed E-state index contributed by atoms with van der Waals surface area (Å²) in [6.07, 6.45) is 1.30. The average Bonchev–Trinajstić information content (AvgIpc) is 3.30. The lowest BCUT2D eigenvalue weighted by molar-refractivity contribution is -0.143. The molecule has 208 valence electrons. The molecule has 0 aliphatic rings. The zero-order valence-corrected chi connectivity index (χ0v) is 21.3. The molecule has 13 nitrogen and oxygen atoms in total. The van der Waals surface area contributed by atoms with Gasteiger partial charge >= 0.3 is 11.9 Å². The fourth-order valence-corrected chi connectivity index (χ4v) is 3.78. The second-order valence-corrected chi connectivity index (χ2v) is 9.11. The molecule has 1 aromatic carbocycles. The first-order valence-corrected chi connectivity index (χ1v) is 12.3. The van der Waals surface area contributed by atoms with E-state index in [4.69, 9.17) is 10.8 Å². The minimum atomic E-state index is -1.46. The number of aliphatic carboxylic acids is 2. The number of fused-ring (bicyclic) bond motifs is 1. The van der Waals surface area contributed by atoms with Crippen LogP contribution in [0.25, 0.3) is 10.9 Å². The van der Waals surface area contributed by atoms with Crippen LogP contribution in [0.1, 0.15) is 38.7 Å². The number of carbonyl (C=O) groups is 5. The smallest absolute Gasteiger partial charge is 0.326 e. The number of carboxylic acids is 2. The molecule has 0 spiro atoms. The molecular formula is C25H35N5O8. The van der Waals surface area contributed by atoms with Crippen molar-refractivity contribution in [1.82, 2.24) is 20.9 Å². The van der Waals surface area contributed by atoms with Crippen LogP contribution < -0.4 is 21.7 Å². The van der Waals surface area contributed by atoms with Gasteiger partial charge < -0.3 is 42.0 Å². The molecule has 9 N–H and O–H groups in total. The Labute approximate surface area is 219 Å². The number of benzene rings is 1. The Balaban J connectivity index is 2.15. The number of aliphatic hydroxyl groups is 1. The number of nitrogens with one attached hydrogen (secondary N) is 4. The molecule has 0 aliphatic carbocycles. The van der Waals surface area contributed by atoms with Crippen LogP contribution in [-0.2, 0) is 30.4 Å². The molecule has 5 unspecified atom stereocenters. The van der Waals surface area contributed by atoms with Crippen LogP contribution in [0.2, 0.25) is 0 Å². The van der Waals surface area contributed by atoms with Gasteiger partial charge in [-0.15, -0.1) is 0 Å². The SMILES string of the molecule is CCC(C)C(N)C(=O)NC(CO)C(=O)NC(CCC(=O)O)C(=O)NC(Cc1c[nH]c2ccccc12)C(=O)O. The molecule has 0 saturated carbocycles. The number of rotatable bonds is 15. The first-order valence-electron chi connectivity index (χ1n) is 12.3. The lowest BCUT2D eigenvalue weighted by atomic mass is 9.99. The third-order valence-corrected chi connectivity index (χ3v) is 6.37. The summed E-state index contributed by atoms with van der Waals surface area (Å²) < 4.78 is 0. The third kappa shape index (κ3) is 8.28. The number of nitrogens with two attached hydrogens (primary N) is 1. The summed E-state index contributed by atoms with van der Waals surface area (Å²) in [5.41, 5.74) is 7.29. The monoisotopic (exact) mass is 533 g/mol. The number of aromatic amines is 1. The molecule has 0 bridgehead atoms. The van der Waals surface area contributed by atoms with Crippen molar-refractivity contribution in [3.05, 3.63) is 36.0 Å². The predicted octanol–water partition coefficient (Wildman–Crippen LogP) is -0.520. The molecule has 5 atom stereocenters. The summed E-state index contributed by atoms with van der Waals surface area (Å²) in [7, 11) is 0. The minimum Gasteiger partial charge on any atom is -0.481 e. The van der Waals surface area contributed by atoms with Crippen LogP contribution >= 0.6 is 0 Å². The Bertz CT molecular complexity index is 1150. The van der Waals surface area contributed by atoms with Gasteiger partial charge in [0.1, 0.15) is 18.1 Å². The summed E-state index contributed by atoms with van der Waals surface area (Å²) in [4.78, 5) is 64.2. The Kier molecular flexibility index (Phi) is 11.2. The number of para-hydroxylation sites is 1. The Morgan fingerprint density at radius 1 is 0.947 bits per heavy atom. The maximum absolute atomic E-state index is 13.0. The van der Waals surface area contributed by atoms with E-state index in [-0.39, 0.29) is 18.8 Å². The maximum Gasteiger partial charge on any atom is 0.326 e. The summed E-state index contributed by atoms with van der Waals surface area (Å²) in [5.74, 6) is -5.32. The molecule has 1 heterocycles. The second-order valence-electron chi connectivity index (χ2n) is 9.11. The zero-order chi connectivity index (χ0) is 28.4. The molecule has 2 aromatic rings. The second kappa shape index (κ2) is 14.1. The largest absolute Gasteiger partial charge is 0.481 e. The highest BCUT2D eigenvalue weighted by Gasteiger charge is 2.31. The molecule has 1 aromatic heterocycles. The Morgan fingerprint density at radius 3 is 2.16 bits per heavy atom. The topological polar surface area (TPSA) is 224 Å². The molecule has 0 saturated heterocycles. The van der Waals surface area contributed by atoms with Crippen LogP contribution in [-0.4, -0.2) is 80.7 Å². The summed E-state index contributed by atoms with van der Waals surface area (Å²) >= 11 is 0. The molecule has 13 heteroatoms. The number of carbonyl (C=O) groups excluding carboxylic acids is 3. The summed E-state index contributed by atoms with van der Waals surface area (Å²) in [6.45, 7) is 2.78. The number of H-pyrrole nitrogens is 1. The van der Waals surface area contributed by atoms with Crippen molar-refractivity contribution in [2.75, 3.05) is 6.61 Å². The van der Waals surface area contributed by atoms with E-state index in [0.717, 1.165) is 10.9 Å². The van der Waals surface area contributed by atoms with Crippen molar-refractivity contribution in [3.8, 4) is 0 Å². The number of amides is 3. The van der Waals surface area contributed by atoms with E-state index in [9.17, 15) is 34.2 Å². The highest BCUT2D eigenvalue weighted by Crippen LogP contribution is 2.19. The molecular weight excluding hydrogens is 498 g/mol. The van der Waals surface area contributed by atoms with E-state index in [1.807, 2.05) is 19.1 Å². The first kappa shape index (κ1) is 30.3. The van der Waals surface area contributed by atoms with Crippen molar-refractivity contribution in [1.29, 1.82) is 0 Å². The van der Waals surface area contributed by atoms with E-state index >= 15 is 0 Å². The molecule has 38 heavy (non-hydrogen) atoms. The van der Waals surface area contributed by atoms with Gasteiger partial charge in [-0.25, -0.2) is 4.79 Å². The fraction of sp³-hybridized carbons (Fsp3) is 0.480. The Hall–Kier alpha value is -3.97. The quantitative estimate of drug-likeness (QED) is 0.147. The fourth-order valence-electron chi connectivity index (χ4n) is 3.78. The lowest BCUT2D eigenvalue weighted by Crippen LogP contribution is -2.58. The van der Waals surface area contributed by atoms with Gasteiger partial charge in [-0.05, 0) is 24.0 Å². The highest BCUT2D eigenvalue weighted by atomic mass is 16.4. The summed E-state index contributed by atoms with van der Waals surface area (Å²) in [5, 5.41) is 36.2. The average molecular weight is 534 g/mol. The van der Waals surface area contributed by atoms with Gasteiger partial charge in [-0.2, -0.15) is 0 Å². The molecule has 0 radical (unpaired) electrons. The number of carboxylic acid groups (broad SMARTS) is 2. The summed E-state index contributed by atoms with van der Waals surface area (Å²) in [6, 6.07) is 2.00. The van der Waals surface area contributed by atoms with E-state index in [1.54, 1.807) is 25.3 Å². The number of aromatic nitrogens is 1. The molecule has 3 amide bonds. The van der Waals surface area contributed by atoms with Gasteiger partial charge in [0.2, 0.25) is 17.7 Å². The van der Waals surface area contributed by atoms with Crippen LogP contribution in [0.3, 0.4) is 0 Å². The van der Waals surface area contributed by atoms with Crippen molar-refractivity contribution >= 4 is 40.6 Å². The van der Waals surface area contributed by atoms with Crippen molar-refractivity contribution in [2.24, 2.45) is 11.7 Å². The van der Waals surface area contributed by atoms with Gasteiger partial charge in [0, 0.05) is 29.9 Å². The van der Waals surface area contributed by atoms with Crippen LogP contribution in [0.4, 0.5) is 0 Å². The normalized spacial score (nSPS) is 15.1.